The smallest absolute Gasteiger partial charge is 0.247 e. The van der Waals surface area contributed by atoms with Gasteiger partial charge < -0.3 is 15.4 Å². The van der Waals surface area contributed by atoms with Crippen LogP contribution in [0.5, 0.6) is 5.75 Å². The number of alkyl halides is 2. The number of rotatable bonds is 6. The Bertz CT molecular complexity index is 445. The lowest BCUT2D eigenvalue weighted by Crippen LogP contribution is -2.16. The number of carbonyl (C=O) groups excluding carboxylic acids is 1. The Morgan fingerprint density at radius 2 is 2.11 bits per heavy atom. The molecule has 0 saturated heterocycles. The van der Waals surface area contributed by atoms with Gasteiger partial charge in [0.25, 0.3) is 0 Å². The molecule has 4 nitrogen and oxygen atoms in total. The molecule has 1 aromatic rings. The first-order valence-electron chi connectivity index (χ1n) is 5.89. The van der Waals surface area contributed by atoms with Crippen molar-refractivity contribution < 1.29 is 18.3 Å². The van der Waals surface area contributed by atoms with Gasteiger partial charge in [0.2, 0.25) is 11.8 Å². The zero-order chi connectivity index (χ0) is 14.5. The van der Waals surface area contributed by atoms with E-state index in [1.165, 1.54) is 14.0 Å². The minimum Gasteiger partial charge on any atom is -0.495 e. The highest BCUT2D eigenvalue weighted by Gasteiger charge is 2.20. The summed E-state index contributed by atoms with van der Waals surface area (Å²) in [6.45, 7) is 2.39. The Hall–Kier alpha value is -1.85. The summed E-state index contributed by atoms with van der Waals surface area (Å²) < 4.78 is 30.6. The van der Waals surface area contributed by atoms with Crippen LogP contribution in [0.1, 0.15) is 20.3 Å². The van der Waals surface area contributed by atoms with Gasteiger partial charge in [-0.2, -0.15) is 0 Å². The summed E-state index contributed by atoms with van der Waals surface area (Å²) in [4.78, 5) is 11.0. The minimum absolute atomic E-state index is 0.114. The van der Waals surface area contributed by atoms with Gasteiger partial charge >= 0.3 is 0 Å². The molecule has 0 saturated carbocycles. The molecule has 0 spiro atoms. The fourth-order valence-electron chi connectivity index (χ4n) is 1.54. The lowest BCUT2D eigenvalue weighted by molar-refractivity contribution is -0.114. The maximum Gasteiger partial charge on any atom is 0.247 e. The average Bonchev–Trinajstić information content (AvgIpc) is 2.27. The third-order valence-corrected chi connectivity index (χ3v) is 2.40. The Labute approximate surface area is 111 Å². The molecule has 0 fully saturated rings. The van der Waals surface area contributed by atoms with Crippen molar-refractivity contribution in [3.8, 4) is 5.75 Å². The van der Waals surface area contributed by atoms with Crippen molar-refractivity contribution in [3.05, 3.63) is 18.2 Å². The molecule has 0 radical (unpaired) electrons. The highest BCUT2D eigenvalue weighted by atomic mass is 19.3. The Morgan fingerprint density at radius 3 is 2.63 bits per heavy atom. The van der Waals surface area contributed by atoms with E-state index < -0.39 is 5.92 Å². The zero-order valence-corrected chi connectivity index (χ0v) is 11.2. The molecule has 6 heteroatoms. The van der Waals surface area contributed by atoms with Crippen LogP contribution < -0.4 is 15.4 Å². The first kappa shape index (κ1) is 15.2. The standard InChI is InChI=1S/C13H18F2N2O2/c1-9(18)17-10-4-5-12(19-3)11(8-10)16-7-6-13(2,14)15/h4-5,8,16H,6-7H2,1-3H3,(H,17,18). The highest BCUT2D eigenvalue weighted by molar-refractivity contribution is 5.89. The van der Waals surface area contributed by atoms with E-state index in [2.05, 4.69) is 10.6 Å². The van der Waals surface area contributed by atoms with Gasteiger partial charge in [0.1, 0.15) is 5.75 Å². The largest absolute Gasteiger partial charge is 0.495 e. The summed E-state index contributed by atoms with van der Waals surface area (Å²) in [6.07, 6.45) is -0.277. The number of methoxy groups -OCH3 is 1. The molecule has 0 unspecified atom stereocenters. The number of hydrogen-bond acceptors (Lipinski definition) is 3. The lowest BCUT2D eigenvalue weighted by Gasteiger charge is -2.15. The van der Waals surface area contributed by atoms with Crippen molar-refractivity contribution >= 4 is 17.3 Å². The van der Waals surface area contributed by atoms with E-state index in [1.54, 1.807) is 18.2 Å². The molecule has 19 heavy (non-hydrogen) atoms. The van der Waals surface area contributed by atoms with Crippen molar-refractivity contribution in [2.75, 3.05) is 24.3 Å². The Kier molecular flexibility index (Phi) is 5.09. The maximum atomic E-state index is 12.7. The Balaban J connectivity index is 2.75. The molecule has 1 aromatic carbocycles. The molecule has 0 aliphatic rings. The van der Waals surface area contributed by atoms with Gasteiger partial charge in [0.15, 0.2) is 0 Å². The molecule has 0 atom stereocenters. The second-order valence-electron chi connectivity index (χ2n) is 4.34. The lowest BCUT2D eigenvalue weighted by atomic mass is 10.2. The van der Waals surface area contributed by atoms with Gasteiger partial charge in [-0.05, 0) is 25.1 Å². The quantitative estimate of drug-likeness (QED) is 0.836. The monoisotopic (exact) mass is 272 g/mol. The summed E-state index contributed by atoms with van der Waals surface area (Å²) in [5.74, 6) is -2.38. The molecule has 0 aliphatic carbocycles. The van der Waals surface area contributed by atoms with Crippen LogP contribution in [0.2, 0.25) is 0 Å². The summed E-state index contributed by atoms with van der Waals surface area (Å²) in [7, 11) is 1.49. The molecule has 0 bridgehead atoms. The van der Waals surface area contributed by atoms with Crippen molar-refractivity contribution in [2.45, 2.75) is 26.2 Å². The number of ether oxygens (including phenoxy) is 1. The second kappa shape index (κ2) is 6.36. The van der Waals surface area contributed by atoms with Crippen molar-refractivity contribution in [1.82, 2.24) is 0 Å². The van der Waals surface area contributed by atoms with Crippen LogP contribution in [0.3, 0.4) is 0 Å². The number of benzene rings is 1. The topological polar surface area (TPSA) is 50.4 Å². The van der Waals surface area contributed by atoms with Crippen molar-refractivity contribution in [3.63, 3.8) is 0 Å². The molecule has 0 aromatic heterocycles. The number of anilines is 2. The number of hydrogen-bond donors (Lipinski definition) is 2. The summed E-state index contributed by atoms with van der Waals surface area (Å²) in [6, 6.07) is 4.99. The fourth-order valence-corrected chi connectivity index (χ4v) is 1.54. The number of carbonyl (C=O) groups is 1. The number of halogens is 2. The van der Waals surface area contributed by atoms with Crippen LogP contribution in [0.4, 0.5) is 20.2 Å². The highest BCUT2D eigenvalue weighted by Crippen LogP contribution is 2.28. The Morgan fingerprint density at radius 1 is 1.42 bits per heavy atom. The summed E-state index contributed by atoms with van der Waals surface area (Å²) >= 11 is 0. The van der Waals surface area contributed by atoms with Crippen molar-refractivity contribution in [1.29, 1.82) is 0 Å². The molecular formula is C13H18F2N2O2. The van der Waals surface area contributed by atoms with E-state index in [1.807, 2.05) is 0 Å². The van der Waals surface area contributed by atoms with Gasteiger partial charge in [-0.3, -0.25) is 4.79 Å². The molecule has 2 N–H and O–H groups in total. The maximum absolute atomic E-state index is 12.7. The molecule has 0 heterocycles. The van der Waals surface area contributed by atoms with E-state index in [0.29, 0.717) is 17.1 Å². The van der Waals surface area contributed by atoms with Crippen LogP contribution in [0.15, 0.2) is 18.2 Å². The van der Waals surface area contributed by atoms with Crippen LogP contribution in [-0.2, 0) is 4.79 Å². The van der Waals surface area contributed by atoms with Gasteiger partial charge in [-0.25, -0.2) is 8.78 Å². The predicted molar refractivity (Wildman–Crippen MR) is 71.0 cm³/mol. The normalized spacial score (nSPS) is 11.0. The molecule has 1 rings (SSSR count). The van der Waals surface area contributed by atoms with E-state index >= 15 is 0 Å². The predicted octanol–water partition coefficient (Wildman–Crippen LogP) is 3.11. The third kappa shape index (κ3) is 5.54. The van der Waals surface area contributed by atoms with Crippen LogP contribution in [0.25, 0.3) is 0 Å². The average molecular weight is 272 g/mol. The van der Waals surface area contributed by atoms with Crippen LogP contribution in [0, 0.1) is 0 Å². The van der Waals surface area contributed by atoms with E-state index in [9.17, 15) is 13.6 Å². The van der Waals surface area contributed by atoms with Crippen LogP contribution in [-0.4, -0.2) is 25.5 Å². The first-order valence-corrected chi connectivity index (χ1v) is 5.89. The summed E-state index contributed by atoms with van der Waals surface area (Å²) in [5.41, 5.74) is 1.15. The number of amides is 1. The molecular weight excluding hydrogens is 254 g/mol. The van der Waals surface area contributed by atoms with E-state index in [4.69, 9.17) is 4.74 Å². The number of nitrogens with one attached hydrogen (secondary N) is 2. The second-order valence-corrected chi connectivity index (χ2v) is 4.34. The van der Waals surface area contributed by atoms with E-state index in [0.717, 1.165) is 6.92 Å². The SMILES string of the molecule is COc1ccc(NC(C)=O)cc1NCCC(C)(F)F. The first-order chi connectivity index (χ1) is 8.81. The van der Waals surface area contributed by atoms with Crippen molar-refractivity contribution in [2.24, 2.45) is 0 Å². The third-order valence-electron chi connectivity index (χ3n) is 2.40. The van der Waals surface area contributed by atoms with Gasteiger partial charge in [0.05, 0.1) is 12.8 Å². The molecule has 1 amide bonds. The molecule has 106 valence electrons. The van der Waals surface area contributed by atoms with E-state index in [-0.39, 0.29) is 18.9 Å². The van der Waals surface area contributed by atoms with Gasteiger partial charge in [-0.15, -0.1) is 0 Å². The fraction of sp³-hybridized carbons (Fsp3) is 0.462. The van der Waals surface area contributed by atoms with Crippen LogP contribution >= 0.6 is 0 Å². The van der Waals surface area contributed by atoms with Gasteiger partial charge in [0, 0.05) is 25.6 Å². The minimum atomic E-state index is -2.71. The zero-order valence-electron chi connectivity index (χ0n) is 11.2. The summed E-state index contributed by atoms with van der Waals surface area (Å²) in [5, 5.41) is 5.50. The molecule has 0 aliphatic heterocycles. The van der Waals surface area contributed by atoms with Gasteiger partial charge in [-0.1, -0.05) is 0 Å².